The number of aryl methyl sites for hydroxylation is 1. The molecule has 1 amide bonds. The summed E-state index contributed by atoms with van der Waals surface area (Å²) in [6, 6.07) is 15.1. The Labute approximate surface area is 164 Å². The summed E-state index contributed by atoms with van der Waals surface area (Å²) in [5.74, 6) is 0.337. The first-order valence-electron chi connectivity index (χ1n) is 9.75. The molecule has 1 saturated heterocycles. The van der Waals surface area contributed by atoms with Crippen LogP contribution in [0.15, 0.2) is 61.2 Å². The topological polar surface area (TPSA) is 71.2 Å². The maximum atomic E-state index is 13.4. The second-order valence-corrected chi connectivity index (χ2v) is 7.21. The van der Waals surface area contributed by atoms with Crippen molar-refractivity contribution < 1.29 is 9.90 Å². The smallest absolute Gasteiger partial charge is 0.256 e. The zero-order valence-electron chi connectivity index (χ0n) is 15.7. The van der Waals surface area contributed by atoms with E-state index in [4.69, 9.17) is 0 Å². The molecule has 0 bridgehead atoms. The lowest BCUT2D eigenvalue weighted by molar-refractivity contribution is 0.0602. The Kier molecular flexibility index (Phi) is 5.37. The zero-order chi connectivity index (χ0) is 19.3. The van der Waals surface area contributed by atoms with E-state index >= 15 is 0 Å². The van der Waals surface area contributed by atoms with E-state index in [9.17, 15) is 9.90 Å². The first-order chi connectivity index (χ1) is 13.7. The van der Waals surface area contributed by atoms with Crippen LogP contribution in [0, 0.1) is 0 Å². The molecule has 0 aliphatic carbocycles. The van der Waals surface area contributed by atoms with Crippen molar-refractivity contribution in [2.75, 3.05) is 6.54 Å². The third-order valence-electron chi connectivity index (χ3n) is 5.39. The van der Waals surface area contributed by atoms with E-state index in [-0.39, 0.29) is 17.7 Å². The number of hydrogen-bond donors (Lipinski definition) is 1. The number of aromatic hydroxyl groups is 1. The quantitative estimate of drug-likeness (QED) is 0.739. The van der Waals surface area contributed by atoms with Crippen LogP contribution in [0.3, 0.4) is 0 Å². The number of amides is 1. The Bertz CT molecular complexity index is 922. The first kappa shape index (κ1) is 18.2. The molecule has 6 nitrogen and oxygen atoms in total. The number of phenols is 1. The van der Waals surface area contributed by atoms with Crippen LogP contribution >= 0.6 is 0 Å². The summed E-state index contributed by atoms with van der Waals surface area (Å²) >= 11 is 0. The molecule has 1 aliphatic heterocycles. The van der Waals surface area contributed by atoms with Crippen LogP contribution in [0.2, 0.25) is 0 Å². The molecular formula is C22H24N4O2. The molecule has 1 fully saturated rings. The molecule has 2 aromatic carbocycles. The van der Waals surface area contributed by atoms with Crippen molar-refractivity contribution in [3.05, 3.63) is 72.3 Å². The summed E-state index contributed by atoms with van der Waals surface area (Å²) in [4.78, 5) is 19.4. The number of piperidine rings is 1. The minimum atomic E-state index is 0.0570. The van der Waals surface area contributed by atoms with Gasteiger partial charge >= 0.3 is 0 Å². The molecule has 6 heteroatoms. The van der Waals surface area contributed by atoms with Crippen molar-refractivity contribution in [2.45, 2.75) is 38.1 Å². The number of phenolic OH excluding ortho intramolecular Hbond substituents is 1. The number of rotatable bonds is 5. The molecule has 2 heterocycles. The Morgan fingerprint density at radius 1 is 1.11 bits per heavy atom. The summed E-state index contributed by atoms with van der Waals surface area (Å²) < 4.78 is 1.64. The average molecular weight is 376 g/mol. The predicted octanol–water partition coefficient (Wildman–Crippen LogP) is 3.60. The van der Waals surface area contributed by atoms with E-state index < -0.39 is 0 Å². The van der Waals surface area contributed by atoms with E-state index in [1.165, 1.54) is 11.9 Å². The lowest BCUT2D eigenvalue weighted by Gasteiger charge is -2.36. The second-order valence-electron chi connectivity index (χ2n) is 7.21. The Balaban J connectivity index is 1.53. The normalized spacial score (nSPS) is 16.9. The van der Waals surface area contributed by atoms with Gasteiger partial charge in [0.1, 0.15) is 18.4 Å². The highest BCUT2D eigenvalue weighted by atomic mass is 16.3. The molecule has 1 aliphatic rings. The van der Waals surface area contributed by atoms with Crippen LogP contribution in [0.4, 0.5) is 0 Å². The Morgan fingerprint density at radius 3 is 2.71 bits per heavy atom. The predicted molar refractivity (Wildman–Crippen MR) is 106 cm³/mol. The van der Waals surface area contributed by atoms with E-state index in [0.717, 1.165) is 44.3 Å². The highest BCUT2D eigenvalue weighted by molar-refractivity contribution is 5.98. The van der Waals surface area contributed by atoms with Gasteiger partial charge < -0.3 is 10.0 Å². The van der Waals surface area contributed by atoms with Crippen molar-refractivity contribution in [3.8, 4) is 11.4 Å². The summed E-state index contributed by atoms with van der Waals surface area (Å²) in [6.07, 6.45) is 8.10. The molecule has 1 atom stereocenters. The van der Waals surface area contributed by atoms with Gasteiger partial charge in [0.05, 0.1) is 11.3 Å². The Morgan fingerprint density at radius 2 is 1.93 bits per heavy atom. The number of nitrogens with zero attached hydrogens (tertiary/aromatic N) is 4. The molecule has 1 aromatic heterocycles. The van der Waals surface area contributed by atoms with Gasteiger partial charge in [0.15, 0.2) is 0 Å². The van der Waals surface area contributed by atoms with Crippen molar-refractivity contribution in [3.63, 3.8) is 0 Å². The lowest BCUT2D eigenvalue weighted by atomic mass is 9.94. The SMILES string of the molecule is O=C(c1ccccc1-n1cncn1)N1CCCC[C@@H]1CCc1ccc(O)cc1. The Hall–Kier alpha value is -3.15. The number of benzene rings is 2. The molecule has 0 unspecified atom stereocenters. The number of hydrogen-bond acceptors (Lipinski definition) is 4. The van der Waals surface area contributed by atoms with Crippen molar-refractivity contribution in [2.24, 2.45) is 0 Å². The highest BCUT2D eigenvalue weighted by Crippen LogP contribution is 2.25. The van der Waals surface area contributed by atoms with Gasteiger partial charge in [-0.2, -0.15) is 5.10 Å². The van der Waals surface area contributed by atoms with E-state index in [0.29, 0.717) is 5.56 Å². The van der Waals surface area contributed by atoms with Crippen LogP contribution < -0.4 is 0 Å². The van der Waals surface area contributed by atoms with Gasteiger partial charge in [0.2, 0.25) is 0 Å². The fourth-order valence-electron chi connectivity index (χ4n) is 3.91. The van der Waals surface area contributed by atoms with E-state index in [2.05, 4.69) is 10.1 Å². The largest absolute Gasteiger partial charge is 0.508 e. The van der Waals surface area contributed by atoms with E-state index in [1.54, 1.807) is 23.1 Å². The molecule has 3 aromatic rings. The van der Waals surface area contributed by atoms with Crippen LogP contribution in [0.5, 0.6) is 5.75 Å². The fourth-order valence-corrected chi connectivity index (χ4v) is 3.91. The molecule has 0 spiro atoms. The van der Waals surface area contributed by atoms with Gasteiger partial charge in [-0.25, -0.2) is 9.67 Å². The monoisotopic (exact) mass is 376 g/mol. The van der Waals surface area contributed by atoms with Gasteiger partial charge in [0, 0.05) is 12.6 Å². The molecule has 4 rings (SSSR count). The zero-order valence-corrected chi connectivity index (χ0v) is 15.7. The molecule has 144 valence electrons. The minimum absolute atomic E-state index is 0.0570. The molecule has 0 radical (unpaired) electrons. The number of para-hydroxylation sites is 1. The molecular weight excluding hydrogens is 352 g/mol. The summed E-state index contributed by atoms with van der Waals surface area (Å²) in [6.45, 7) is 0.783. The summed E-state index contributed by atoms with van der Waals surface area (Å²) in [5.41, 5.74) is 2.59. The molecule has 1 N–H and O–H groups in total. The highest BCUT2D eigenvalue weighted by Gasteiger charge is 2.28. The fraction of sp³-hybridized carbons (Fsp3) is 0.318. The average Bonchev–Trinajstić information content (AvgIpc) is 3.28. The molecule has 0 saturated carbocycles. The van der Waals surface area contributed by atoms with Gasteiger partial charge in [-0.05, 0) is 61.9 Å². The standard InChI is InChI=1S/C22H24N4O2/c27-19-12-9-17(10-13-19)8-11-18-5-3-4-14-25(18)22(28)20-6-1-2-7-21(20)26-16-23-15-24-26/h1-2,6-7,9-10,12-13,15-16,18,27H,3-5,8,11,14H2/t18-/m1/s1. The summed E-state index contributed by atoms with van der Waals surface area (Å²) in [7, 11) is 0. The van der Waals surface area contributed by atoms with Crippen LogP contribution in [0.25, 0.3) is 5.69 Å². The van der Waals surface area contributed by atoms with Crippen molar-refractivity contribution >= 4 is 5.91 Å². The van der Waals surface area contributed by atoms with E-state index in [1.807, 2.05) is 41.3 Å². The van der Waals surface area contributed by atoms with Gasteiger partial charge in [-0.15, -0.1) is 0 Å². The first-order valence-corrected chi connectivity index (χ1v) is 9.75. The number of carbonyl (C=O) groups excluding carboxylic acids is 1. The van der Waals surface area contributed by atoms with Crippen molar-refractivity contribution in [1.29, 1.82) is 0 Å². The van der Waals surface area contributed by atoms with Crippen LogP contribution in [-0.2, 0) is 6.42 Å². The maximum absolute atomic E-state index is 13.4. The lowest BCUT2D eigenvalue weighted by Crippen LogP contribution is -2.44. The van der Waals surface area contributed by atoms with Crippen molar-refractivity contribution in [1.82, 2.24) is 19.7 Å². The third-order valence-corrected chi connectivity index (χ3v) is 5.39. The maximum Gasteiger partial charge on any atom is 0.256 e. The minimum Gasteiger partial charge on any atom is -0.508 e. The third kappa shape index (κ3) is 3.91. The molecule has 28 heavy (non-hydrogen) atoms. The van der Waals surface area contributed by atoms with Gasteiger partial charge in [0.25, 0.3) is 5.91 Å². The number of carbonyl (C=O) groups is 1. The van der Waals surface area contributed by atoms with Crippen LogP contribution in [-0.4, -0.2) is 43.3 Å². The summed E-state index contributed by atoms with van der Waals surface area (Å²) in [5, 5.41) is 13.6. The van der Waals surface area contributed by atoms with Gasteiger partial charge in [-0.3, -0.25) is 4.79 Å². The van der Waals surface area contributed by atoms with Crippen LogP contribution in [0.1, 0.15) is 41.6 Å². The number of aromatic nitrogens is 3. The van der Waals surface area contributed by atoms with Gasteiger partial charge in [-0.1, -0.05) is 24.3 Å². The second kappa shape index (κ2) is 8.25. The number of likely N-dealkylation sites (tertiary alicyclic amines) is 1.